The Bertz CT molecular complexity index is 164. The predicted octanol–water partition coefficient (Wildman–Crippen LogP) is 1.59. The monoisotopic (exact) mass is 248 g/mol. The van der Waals surface area contributed by atoms with Crippen LogP contribution in [0.1, 0.15) is 40.5 Å². The van der Waals surface area contributed by atoms with E-state index in [4.69, 9.17) is 9.47 Å². The maximum Gasteiger partial charge on any atom is 0.0771 e. The Hall–Kier alpha value is -0.160. The van der Waals surface area contributed by atoms with Gasteiger partial charge in [-0.1, -0.05) is 27.7 Å². The first kappa shape index (κ1) is 16.8. The summed E-state index contributed by atoms with van der Waals surface area (Å²) >= 11 is 0. The molecule has 0 saturated heterocycles. The van der Waals surface area contributed by atoms with Crippen molar-refractivity contribution in [2.45, 2.75) is 52.7 Å². The molecule has 0 aromatic rings. The first-order valence-electron chi connectivity index (χ1n) is 6.43. The quantitative estimate of drug-likeness (QED) is 0.616. The molecule has 0 aliphatic heterocycles. The zero-order chi connectivity index (χ0) is 13.3. The summed E-state index contributed by atoms with van der Waals surface area (Å²) in [4.78, 5) is 0. The van der Waals surface area contributed by atoms with E-state index in [1.54, 1.807) is 0 Å². The molecule has 0 fully saturated rings. The van der Waals surface area contributed by atoms with E-state index in [1.807, 2.05) is 27.7 Å². The van der Waals surface area contributed by atoms with Crippen molar-refractivity contribution < 1.29 is 19.7 Å². The summed E-state index contributed by atoms with van der Waals surface area (Å²) in [6.07, 6.45) is 0.654. The van der Waals surface area contributed by atoms with Gasteiger partial charge in [-0.3, -0.25) is 0 Å². The number of aliphatic hydroxyl groups excluding tert-OH is 2. The average Bonchev–Trinajstić information content (AvgIpc) is 2.27. The molecule has 0 spiro atoms. The van der Waals surface area contributed by atoms with Gasteiger partial charge in [0.1, 0.15) is 0 Å². The molecule has 0 bridgehead atoms. The number of hydrogen-bond acceptors (Lipinski definition) is 4. The fourth-order valence-corrected chi connectivity index (χ4v) is 1.22. The molecular formula is C13H28O4. The number of ether oxygens (including phenoxy) is 2. The van der Waals surface area contributed by atoms with Crippen molar-refractivity contribution in [3.8, 4) is 0 Å². The lowest BCUT2D eigenvalue weighted by molar-refractivity contribution is -0.0460. The van der Waals surface area contributed by atoms with Gasteiger partial charge in [-0.05, 0) is 12.8 Å². The van der Waals surface area contributed by atoms with E-state index in [0.29, 0.717) is 39.3 Å². The van der Waals surface area contributed by atoms with E-state index in [0.717, 1.165) is 0 Å². The van der Waals surface area contributed by atoms with Crippen LogP contribution in [0.4, 0.5) is 0 Å². The van der Waals surface area contributed by atoms with Crippen LogP contribution in [0.3, 0.4) is 0 Å². The van der Waals surface area contributed by atoms with Crippen molar-refractivity contribution in [1.82, 2.24) is 0 Å². The molecule has 0 radical (unpaired) electrons. The van der Waals surface area contributed by atoms with Crippen molar-refractivity contribution in [2.75, 3.05) is 26.4 Å². The van der Waals surface area contributed by atoms with Crippen LogP contribution in [0.15, 0.2) is 0 Å². The zero-order valence-corrected chi connectivity index (χ0v) is 11.6. The molecule has 4 heteroatoms. The van der Waals surface area contributed by atoms with Gasteiger partial charge in [0, 0.05) is 5.41 Å². The number of rotatable bonds is 10. The summed E-state index contributed by atoms with van der Waals surface area (Å²) in [7, 11) is 0. The van der Waals surface area contributed by atoms with E-state index in [1.165, 1.54) is 0 Å². The van der Waals surface area contributed by atoms with Gasteiger partial charge in [-0.15, -0.1) is 0 Å². The van der Waals surface area contributed by atoms with Crippen LogP contribution in [0.2, 0.25) is 0 Å². The van der Waals surface area contributed by atoms with Crippen LogP contribution >= 0.6 is 0 Å². The Morgan fingerprint density at radius 3 is 1.53 bits per heavy atom. The second-order valence-electron chi connectivity index (χ2n) is 5.32. The zero-order valence-electron chi connectivity index (χ0n) is 11.6. The van der Waals surface area contributed by atoms with Gasteiger partial charge in [-0.25, -0.2) is 0 Å². The Kier molecular flexibility index (Phi) is 8.78. The van der Waals surface area contributed by atoms with E-state index in [9.17, 15) is 10.2 Å². The summed E-state index contributed by atoms with van der Waals surface area (Å²) in [6.45, 7) is 9.78. The average molecular weight is 248 g/mol. The van der Waals surface area contributed by atoms with Crippen LogP contribution in [0, 0.1) is 5.41 Å². The van der Waals surface area contributed by atoms with Gasteiger partial charge < -0.3 is 19.7 Å². The Morgan fingerprint density at radius 1 is 0.882 bits per heavy atom. The molecule has 0 aromatic carbocycles. The van der Waals surface area contributed by atoms with Crippen LogP contribution in [-0.4, -0.2) is 48.8 Å². The summed E-state index contributed by atoms with van der Waals surface area (Å²) in [5.41, 5.74) is -0.0963. The SMILES string of the molecule is CCC(O)COCC(C)(C)COCC(O)CC. The highest BCUT2D eigenvalue weighted by Gasteiger charge is 2.19. The Labute approximate surface area is 105 Å². The second-order valence-corrected chi connectivity index (χ2v) is 5.32. The Balaban J connectivity index is 3.65. The van der Waals surface area contributed by atoms with Gasteiger partial charge in [0.15, 0.2) is 0 Å². The lowest BCUT2D eigenvalue weighted by atomic mass is 9.96. The van der Waals surface area contributed by atoms with Crippen molar-refractivity contribution in [3.63, 3.8) is 0 Å². The summed E-state index contributed by atoms with van der Waals surface area (Å²) in [6, 6.07) is 0. The molecular weight excluding hydrogens is 220 g/mol. The molecule has 2 atom stereocenters. The standard InChI is InChI=1S/C13H28O4/c1-5-11(14)7-16-9-13(3,4)10-17-8-12(15)6-2/h11-12,14-15H,5-10H2,1-4H3. The van der Waals surface area contributed by atoms with Gasteiger partial charge >= 0.3 is 0 Å². The van der Waals surface area contributed by atoms with Crippen LogP contribution in [0.25, 0.3) is 0 Å². The third-order valence-corrected chi connectivity index (χ3v) is 2.55. The van der Waals surface area contributed by atoms with Gasteiger partial charge in [0.2, 0.25) is 0 Å². The van der Waals surface area contributed by atoms with Crippen molar-refractivity contribution in [3.05, 3.63) is 0 Å². The molecule has 0 aliphatic carbocycles. The maximum absolute atomic E-state index is 9.35. The normalized spacial score (nSPS) is 15.9. The molecule has 2 N–H and O–H groups in total. The minimum Gasteiger partial charge on any atom is -0.391 e. The fraction of sp³-hybridized carbons (Fsp3) is 1.00. The van der Waals surface area contributed by atoms with Gasteiger partial charge in [0.05, 0.1) is 38.6 Å². The first-order chi connectivity index (χ1) is 7.91. The lowest BCUT2D eigenvalue weighted by Gasteiger charge is -2.25. The highest BCUT2D eigenvalue weighted by atomic mass is 16.5. The number of hydrogen-bond donors (Lipinski definition) is 2. The maximum atomic E-state index is 9.35. The minimum absolute atomic E-state index is 0.0963. The summed E-state index contributed by atoms with van der Waals surface area (Å²) < 4.78 is 10.9. The first-order valence-corrected chi connectivity index (χ1v) is 6.43. The molecule has 104 valence electrons. The highest BCUT2D eigenvalue weighted by molar-refractivity contribution is 4.67. The van der Waals surface area contributed by atoms with Crippen LogP contribution in [0.5, 0.6) is 0 Å². The number of aliphatic hydroxyl groups is 2. The molecule has 17 heavy (non-hydrogen) atoms. The molecule has 0 saturated carbocycles. The van der Waals surface area contributed by atoms with Crippen LogP contribution < -0.4 is 0 Å². The Morgan fingerprint density at radius 2 is 1.24 bits per heavy atom. The second kappa shape index (κ2) is 8.86. The third-order valence-electron chi connectivity index (χ3n) is 2.55. The molecule has 0 aliphatic rings. The van der Waals surface area contributed by atoms with Crippen molar-refractivity contribution in [2.24, 2.45) is 5.41 Å². The molecule has 2 unspecified atom stereocenters. The van der Waals surface area contributed by atoms with E-state index in [-0.39, 0.29) is 17.6 Å². The fourth-order valence-electron chi connectivity index (χ4n) is 1.22. The smallest absolute Gasteiger partial charge is 0.0771 e. The molecule has 4 nitrogen and oxygen atoms in total. The van der Waals surface area contributed by atoms with Gasteiger partial charge in [-0.2, -0.15) is 0 Å². The summed E-state index contributed by atoms with van der Waals surface area (Å²) in [5.74, 6) is 0. The highest BCUT2D eigenvalue weighted by Crippen LogP contribution is 2.16. The predicted molar refractivity (Wildman–Crippen MR) is 68.0 cm³/mol. The minimum atomic E-state index is -0.381. The van der Waals surface area contributed by atoms with E-state index < -0.39 is 0 Å². The largest absolute Gasteiger partial charge is 0.391 e. The van der Waals surface area contributed by atoms with Crippen molar-refractivity contribution >= 4 is 0 Å². The molecule has 0 rings (SSSR count). The molecule has 0 amide bonds. The topological polar surface area (TPSA) is 58.9 Å². The summed E-state index contributed by atoms with van der Waals surface area (Å²) in [5, 5.41) is 18.7. The molecule has 0 heterocycles. The third kappa shape index (κ3) is 9.53. The van der Waals surface area contributed by atoms with Gasteiger partial charge in [0.25, 0.3) is 0 Å². The van der Waals surface area contributed by atoms with E-state index in [2.05, 4.69) is 0 Å². The molecule has 0 aromatic heterocycles. The van der Waals surface area contributed by atoms with Crippen LogP contribution in [-0.2, 0) is 9.47 Å². The lowest BCUT2D eigenvalue weighted by Crippen LogP contribution is -2.29. The van der Waals surface area contributed by atoms with Crippen molar-refractivity contribution in [1.29, 1.82) is 0 Å². The van der Waals surface area contributed by atoms with E-state index >= 15 is 0 Å².